The predicted molar refractivity (Wildman–Crippen MR) is 73.5 cm³/mol. The van der Waals surface area contributed by atoms with Gasteiger partial charge in [-0.05, 0) is 45.1 Å². The van der Waals surface area contributed by atoms with E-state index < -0.39 is 5.82 Å². The molecule has 1 aliphatic carbocycles. The fraction of sp³-hybridized carbons (Fsp3) is 0.692. The van der Waals surface area contributed by atoms with Gasteiger partial charge in [-0.25, -0.2) is 4.79 Å². The Balaban J connectivity index is 0.00000200. The number of hydrogen-bond donors (Lipinski definition) is 1. The molecule has 1 fully saturated rings. The van der Waals surface area contributed by atoms with Crippen molar-refractivity contribution in [3.8, 4) is 0 Å². The van der Waals surface area contributed by atoms with Gasteiger partial charge in [0.1, 0.15) is 0 Å². The standard InChI is InChI=1S/C13H19NO5.ClH/c1-8-11(19-13(16)18-8)7-17-12(15)10-4-2-9(6-14)3-5-10;/h9-10H,2-7,14H2,1H3;1H. The van der Waals surface area contributed by atoms with Crippen LogP contribution in [0.25, 0.3) is 0 Å². The maximum atomic E-state index is 11.9. The molecule has 0 radical (unpaired) electrons. The van der Waals surface area contributed by atoms with Gasteiger partial charge in [0.25, 0.3) is 0 Å². The van der Waals surface area contributed by atoms with Gasteiger partial charge in [0.05, 0.1) is 5.92 Å². The summed E-state index contributed by atoms with van der Waals surface area (Å²) >= 11 is 0. The van der Waals surface area contributed by atoms with Gasteiger partial charge >= 0.3 is 11.8 Å². The minimum absolute atomic E-state index is 0. The maximum Gasteiger partial charge on any atom is 0.519 e. The lowest BCUT2D eigenvalue weighted by Gasteiger charge is -2.25. The number of rotatable bonds is 4. The third-order valence-corrected chi connectivity index (χ3v) is 3.69. The summed E-state index contributed by atoms with van der Waals surface area (Å²) in [6, 6.07) is 0. The molecule has 0 amide bonds. The molecule has 0 saturated heterocycles. The Morgan fingerprint density at radius 1 is 1.30 bits per heavy atom. The highest BCUT2D eigenvalue weighted by Crippen LogP contribution is 2.29. The molecule has 0 spiro atoms. The highest BCUT2D eigenvalue weighted by molar-refractivity contribution is 5.85. The molecule has 114 valence electrons. The van der Waals surface area contributed by atoms with E-state index in [1.54, 1.807) is 6.92 Å². The van der Waals surface area contributed by atoms with Crippen LogP contribution in [0.1, 0.15) is 37.2 Å². The summed E-state index contributed by atoms with van der Waals surface area (Å²) in [5, 5.41) is 0. The third-order valence-electron chi connectivity index (χ3n) is 3.69. The lowest BCUT2D eigenvalue weighted by molar-refractivity contribution is -0.151. The molecule has 1 saturated carbocycles. The van der Waals surface area contributed by atoms with Gasteiger partial charge < -0.3 is 19.3 Å². The molecule has 1 aromatic heterocycles. The molecule has 1 aromatic rings. The maximum absolute atomic E-state index is 11.9. The molecule has 6 nitrogen and oxygen atoms in total. The van der Waals surface area contributed by atoms with Crippen LogP contribution < -0.4 is 11.6 Å². The van der Waals surface area contributed by atoms with E-state index in [0.29, 0.717) is 18.2 Å². The lowest BCUT2D eigenvalue weighted by atomic mass is 9.82. The first-order valence-corrected chi connectivity index (χ1v) is 6.56. The molecular formula is C13H20ClNO5. The molecule has 0 atom stereocenters. The molecule has 2 N–H and O–H groups in total. The second-order valence-electron chi connectivity index (χ2n) is 4.99. The van der Waals surface area contributed by atoms with E-state index in [-0.39, 0.29) is 36.7 Å². The zero-order chi connectivity index (χ0) is 13.8. The van der Waals surface area contributed by atoms with Gasteiger partial charge in [-0.1, -0.05) is 0 Å². The van der Waals surface area contributed by atoms with Crippen LogP contribution in [0.4, 0.5) is 0 Å². The molecular weight excluding hydrogens is 286 g/mol. The van der Waals surface area contributed by atoms with Crippen LogP contribution in [0, 0.1) is 18.8 Å². The van der Waals surface area contributed by atoms with Crippen LogP contribution in [-0.2, 0) is 16.1 Å². The number of carbonyl (C=O) groups is 1. The highest BCUT2D eigenvalue weighted by Gasteiger charge is 2.27. The van der Waals surface area contributed by atoms with E-state index in [1.807, 2.05) is 0 Å². The minimum atomic E-state index is -0.771. The van der Waals surface area contributed by atoms with E-state index in [1.165, 1.54) is 0 Å². The van der Waals surface area contributed by atoms with Crippen molar-refractivity contribution < 1.29 is 18.4 Å². The first-order chi connectivity index (χ1) is 9.10. The zero-order valence-electron chi connectivity index (χ0n) is 11.4. The first kappa shape index (κ1) is 16.8. The van der Waals surface area contributed by atoms with E-state index in [2.05, 4.69) is 0 Å². The second kappa shape index (κ2) is 7.50. The van der Waals surface area contributed by atoms with E-state index in [9.17, 15) is 9.59 Å². The predicted octanol–water partition coefficient (Wildman–Crippen LogP) is 1.77. The number of carbonyl (C=O) groups excluding carboxylic acids is 1. The van der Waals surface area contributed by atoms with Crippen molar-refractivity contribution in [3.63, 3.8) is 0 Å². The van der Waals surface area contributed by atoms with E-state index in [0.717, 1.165) is 25.7 Å². The Kier molecular flexibility index (Phi) is 6.29. The summed E-state index contributed by atoms with van der Waals surface area (Å²) < 4.78 is 14.6. The van der Waals surface area contributed by atoms with Gasteiger partial charge in [-0.3, -0.25) is 4.79 Å². The topological polar surface area (TPSA) is 95.7 Å². The monoisotopic (exact) mass is 305 g/mol. The van der Waals surface area contributed by atoms with Gasteiger partial charge in [0.15, 0.2) is 18.1 Å². The molecule has 2 rings (SSSR count). The SMILES string of the molecule is Cc1oc(=O)oc1COC(=O)C1CCC(CN)CC1.Cl. The van der Waals surface area contributed by atoms with Gasteiger partial charge in [0, 0.05) is 0 Å². The summed E-state index contributed by atoms with van der Waals surface area (Å²) in [6.45, 7) is 2.23. The Bertz CT molecular complexity index is 487. The lowest BCUT2D eigenvalue weighted by Crippen LogP contribution is -2.26. The fourth-order valence-electron chi connectivity index (χ4n) is 2.39. The normalized spacial score (nSPS) is 22.1. The van der Waals surface area contributed by atoms with Crippen molar-refractivity contribution in [2.45, 2.75) is 39.2 Å². The molecule has 0 bridgehead atoms. The first-order valence-electron chi connectivity index (χ1n) is 6.56. The number of esters is 1. The number of aryl methyl sites for hydroxylation is 1. The number of hydrogen-bond acceptors (Lipinski definition) is 6. The summed E-state index contributed by atoms with van der Waals surface area (Å²) in [5.74, 6) is 0.0734. The quantitative estimate of drug-likeness (QED) is 0.852. The summed E-state index contributed by atoms with van der Waals surface area (Å²) in [6.07, 6.45) is 3.57. The Labute approximate surface area is 123 Å². The van der Waals surface area contributed by atoms with Gasteiger partial charge in [-0.2, -0.15) is 0 Å². The van der Waals surface area contributed by atoms with E-state index >= 15 is 0 Å². The molecule has 0 aromatic carbocycles. The number of nitrogens with two attached hydrogens (primary N) is 1. The molecule has 0 unspecified atom stereocenters. The Morgan fingerprint density at radius 3 is 2.45 bits per heavy atom. The van der Waals surface area contributed by atoms with Crippen LogP contribution in [0.3, 0.4) is 0 Å². The molecule has 20 heavy (non-hydrogen) atoms. The van der Waals surface area contributed by atoms with Crippen molar-refractivity contribution in [2.24, 2.45) is 17.6 Å². The highest BCUT2D eigenvalue weighted by atomic mass is 35.5. The van der Waals surface area contributed by atoms with Crippen LogP contribution in [0.5, 0.6) is 0 Å². The van der Waals surface area contributed by atoms with Crippen LogP contribution in [0.2, 0.25) is 0 Å². The average molecular weight is 306 g/mol. The Hall–Kier alpha value is -1.27. The second-order valence-corrected chi connectivity index (χ2v) is 4.99. The van der Waals surface area contributed by atoms with Crippen molar-refractivity contribution in [1.82, 2.24) is 0 Å². The number of halogens is 1. The molecule has 7 heteroatoms. The van der Waals surface area contributed by atoms with Crippen molar-refractivity contribution >= 4 is 18.4 Å². The summed E-state index contributed by atoms with van der Waals surface area (Å²) in [4.78, 5) is 22.7. The minimum Gasteiger partial charge on any atom is -0.457 e. The van der Waals surface area contributed by atoms with Crippen LogP contribution >= 0.6 is 12.4 Å². The number of ether oxygens (including phenoxy) is 1. The zero-order valence-corrected chi connectivity index (χ0v) is 12.2. The van der Waals surface area contributed by atoms with Crippen molar-refractivity contribution in [3.05, 3.63) is 22.1 Å². The van der Waals surface area contributed by atoms with E-state index in [4.69, 9.17) is 19.3 Å². The van der Waals surface area contributed by atoms with Crippen molar-refractivity contribution in [1.29, 1.82) is 0 Å². The van der Waals surface area contributed by atoms with Gasteiger partial charge in [0.2, 0.25) is 0 Å². The van der Waals surface area contributed by atoms with Crippen LogP contribution in [-0.4, -0.2) is 12.5 Å². The fourth-order valence-corrected chi connectivity index (χ4v) is 2.39. The van der Waals surface area contributed by atoms with Crippen LogP contribution in [0.15, 0.2) is 13.6 Å². The largest absolute Gasteiger partial charge is 0.519 e. The van der Waals surface area contributed by atoms with Gasteiger partial charge in [-0.15, -0.1) is 12.4 Å². The van der Waals surface area contributed by atoms with Crippen molar-refractivity contribution in [2.75, 3.05) is 6.54 Å². The summed E-state index contributed by atoms with van der Waals surface area (Å²) in [7, 11) is 0. The molecule has 1 aliphatic rings. The molecule has 1 heterocycles. The molecule has 0 aliphatic heterocycles. The average Bonchev–Trinajstić information content (AvgIpc) is 2.74. The summed E-state index contributed by atoms with van der Waals surface area (Å²) in [5.41, 5.74) is 5.61. The Morgan fingerprint density at radius 2 is 1.95 bits per heavy atom. The third kappa shape index (κ3) is 4.11. The smallest absolute Gasteiger partial charge is 0.457 e.